The second-order valence-electron chi connectivity index (χ2n) is 6.43. The summed E-state index contributed by atoms with van der Waals surface area (Å²) in [6, 6.07) is 0. The molecule has 1 unspecified atom stereocenters. The van der Waals surface area contributed by atoms with Gasteiger partial charge in [0.25, 0.3) is 0 Å². The van der Waals surface area contributed by atoms with Crippen LogP contribution in [-0.2, 0) is 10.2 Å². The van der Waals surface area contributed by atoms with Crippen molar-refractivity contribution >= 4 is 17.4 Å². The standard InChI is InChI=1S/C15H24ClN3O/c1-10-12(16)18-14(15(2,3)4)19-13(10)17-9-11-7-5-6-8-20-11/h11H,5-9H2,1-4H3,(H,17,18,19). The van der Waals surface area contributed by atoms with Crippen LogP contribution in [0.15, 0.2) is 0 Å². The maximum atomic E-state index is 6.22. The van der Waals surface area contributed by atoms with Crippen LogP contribution in [0.4, 0.5) is 5.82 Å². The Morgan fingerprint density at radius 2 is 2.05 bits per heavy atom. The highest BCUT2D eigenvalue weighted by Gasteiger charge is 2.21. The number of nitrogens with zero attached hydrogens (tertiary/aromatic N) is 2. The van der Waals surface area contributed by atoms with Crippen molar-refractivity contribution in [3.8, 4) is 0 Å². The van der Waals surface area contributed by atoms with E-state index in [0.717, 1.165) is 36.8 Å². The van der Waals surface area contributed by atoms with Crippen LogP contribution in [-0.4, -0.2) is 29.2 Å². The fraction of sp³-hybridized carbons (Fsp3) is 0.733. The zero-order chi connectivity index (χ0) is 14.8. The van der Waals surface area contributed by atoms with Gasteiger partial charge >= 0.3 is 0 Å². The predicted octanol–water partition coefficient (Wildman–Crippen LogP) is 3.72. The molecule has 0 aliphatic carbocycles. The molecule has 0 spiro atoms. The first-order valence-electron chi connectivity index (χ1n) is 7.28. The molecule has 2 rings (SSSR count). The lowest BCUT2D eigenvalue weighted by Crippen LogP contribution is -2.28. The Labute approximate surface area is 126 Å². The molecule has 1 fully saturated rings. The minimum absolute atomic E-state index is 0.116. The Hall–Kier alpha value is -0.870. The molecule has 1 aliphatic heterocycles. The molecular formula is C15H24ClN3O. The van der Waals surface area contributed by atoms with Crippen molar-refractivity contribution in [2.24, 2.45) is 0 Å². The number of anilines is 1. The summed E-state index contributed by atoms with van der Waals surface area (Å²) < 4.78 is 5.73. The summed E-state index contributed by atoms with van der Waals surface area (Å²) >= 11 is 6.22. The summed E-state index contributed by atoms with van der Waals surface area (Å²) in [7, 11) is 0. The molecule has 0 bridgehead atoms. The van der Waals surface area contributed by atoms with Gasteiger partial charge in [-0.3, -0.25) is 0 Å². The van der Waals surface area contributed by atoms with E-state index in [0.29, 0.717) is 5.15 Å². The van der Waals surface area contributed by atoms with E-state index in [9.17, 15) is 0 Å². The monoisotopic (exact) mass is 297 g/mol. The second kappa shape index (κ2) is 6.27. The average molecular weight is 298 g/mol. The van der Waals surface area contributed by atoms with E-state index in [1.54, 1.807) is 0 Å². The van der Waals surface area contributed by atoms with Crippen LogP contribution in [0.2, 0.25) is 5.15 Å². The molecule has 1 atom stereocenters. The lowest BCUT2D eigenvalue weighted by Gasteiger charge is -2.24. The molecule has 5 heteroatoms. The number of nitrogens with one attached hydrogen (secondary N) is 1. The highest BCUT2D eigenvalue weighted by Crippen LogP contribution is 2.26. The molecule has 20 heavy (non-hydrogen) atoms. The summed E-state index contributed by atoms with van der Waals surface area (Å²) in [5.74, 6) is 1.59. The van der Waals surface area contributed by atoms with Crippen LogP contribution in [0.3, 0.4) is 0 Å². The van der Waals surface area contributed by atoms with Gasteiger partial charge in [0.15, 0.2) is 0 Å². The van der Waals surface area contributed by atoms with Crippen molar-refractivity contribution in [2.75, 3.05) is 18.5 Å². The van der Waals surface area contributed by atoms with Crippen LogP contribution < -0.4 is 5.32 Å². The third-order valence-corrected chi connectivity index (χ3v) is 3.90. The van der Waals surface area contributed by atoms with Gasteiger partial charge in [0.2, 0.25) is 0 Å². The van der Waals surface area contributed by atoms with Gasteiger partial charge in [0, 0.05) is 24.1 Å². The van der Waals surface area contributed by atoms with E-state index in [1.807, 2.05) is 6.92 Å². The number of aromatic nitrogens is 2. The maximum Gasteiger partial charge on any atom is 0.137 e. The Balaban J connectivity index is 2.11. The zero-order valence-electron chi connectivity index (χ0n) is 12.8. The second-order valence-corrected chi connectivity index (χ2v) is 6.79. The number of rotatable bonds is 3. The van der Waals surface area contributed by atoms with Crippen molar-refractivity contribution in [1.82, 2.24) is 9.97 Å². The molecule has 112 valence electrons. The molecule has 1 N–H and O–H groups in total. The van der Waals surface area contributed by atoms with Crippen LogP contribution in [0.5, 0.6) is 0 Å². The summed E-state index contributed by atoms with van der Waals surface area (Å²) in [6.07, 6.45) is 3.79. The molecular weight excluding hydrogens is 274 g/mol. The molecule has 0 radical (unpaired) electrons. The summed E-state index contributed by atoms with van der Waals surface area (Å²) in [6.45, 7) is 9.84. The van der Waals surface area contributed by atoms with Gasteiger partial charge in [0.05, 0.1) is 6.10 Å². The Morgan fingerprint density at radius 1 is 1.30 bits per heavy atom. The predicted molar refractivity (Wildman–Crippen MR) is 82.6 cm³/mol. The van der Waals surface area contributed by atoms with E-state index in [-0.39, 0.29) is 11.5 Å². The van der Waals surface area contributed by atoms with E-state index in [4.69, 9.17) is 16.3 Å². The lowest BCUT2D eigenvalue weighted by molar-refractivity contribution is 0.0247. The molecule has 1 aromatic rings. The quantitative estimate of drug-likeness (QED) is 0.864. The Morgan fingerprint density at radius 3 is 2.65 bits per heavy atom. The molecule has 0 aromatic carbocycles. The van der Waals surface area contributed by atoms with Crippen molar-refractivity contribution in [1.29, 1.82) is 0 Å². The fourth-order valence-electron chi connectivity index (χ4n) is 2.18. The number of hydrogen-bond acceptors (Lipinski definition) is 4. The molecule has 1 aromatic heterocycles. The number of halogens is 1. The SMILES string of the molecule is Cc1c(Cl)nc(C(C)(C)C)nc1NCC1CCCCO1. The first kappa shape index (κ1) is 15.5. The minimum atomic E-state index is -0.116. The number of hydrogen-bond donors (Lipinski definition) is 1. The molecule has 0 amide bonds. The largest absolute Gasteiger partial charge is 0.376 e. The highest BCUT2D eigenvalue weighted by atomic mass is 35.5. The normalized spacial score (nSPS) is 19.9. The molecule has 0 saturated carbocycles. The van der Waals surface area contributed by atoms with Crippen molar-refractivity contribution in [3.63, 3.8) is 0 Å². The van der Waals surface area contributed by atoms with Crippen molar-refractivity contribution in [3.05, 3.63) is 16.5 Å². The first-order valence-corrected chi connectivity index (χ1v) is 7.66. The van der Waals surface area contributed by atoms with E-state index in [1.165, 1.54) is 12.8 Å². The van der Waals surface area contributed by atoms with Gasteiger partial charge in [-0.2, -0.15) is 0 Å². The smallest absolute Gasteiger partial charge is 0.137 e. The van der Waals surface area contributed by atoms with Gasteiger partial charge in [-0.15, -0.1) is 0 Å². The van der Waals surface area contributed by atoms with Gasteiger partial charge in [0.1, 0.15) is 16.8 Å². The third kappa shape index (κ3) is 3.83. The first-order chi connectivity index (χ1) is 9.38. The van der Waals surface area contributed by atoms with Crippen LogP contribution in [0, 0.1) is 6.92 Å². The lowest BCUT2D eigenvalue weighted by atomic mass is 9.95. The number of ether oxygens (including phenoxy) is 1. The van der Waals surface area contributed by atoms with Crippen LogP contribution in [0.25, 0.3) is 0 Å². The van der Waals surface area contributed by atoms with Crippen molar-refractivity contribution < 1.29 is 4.74 Å². The summed E-state index contributed by atoms with van der Waals surface area (Å²) in [4.78, 5) is 9.01. The fourth-order valence-corrected chi connectivity index (χ4v) is 2.35. The van der Waals surface area contributed by atoms with E-state index >= 15 is 0 Å². The average Bonchev–Trinajstić information content (AvgIpc) is 2.40. The summed E-state index contributed by atoms with van der Waals surface area (Å²) in [5, 5.41) is 3.90. The molecule has 1 aliphatic rings. The molecule has 2 heterocycles. The molecule has 1 saturated heterocycles. The van der Waals surface area contributed by atoms with Gasteiger partial charge in [-0.05, 0) is 26.2 Å². The van der Waals surface area contributed by atoms with Gasteiger partial charge in [-0.25, -0.2) is 9.97 Å². The highest BCUT2D eigenvalue weighted by molar-refractivity contribution is 6.30. The van der Waals surface area contributed by atoms with E-state index in [2.05, 4.69) is 36.1 Å². The summed E-state index contributed by atoms with van der Waals surface area (Å²) in [5.41, 5.74) is 0.783. The topological polar surface area (TPSA) is 47.0 Å². The Kier molecular flexibility index (Phi) is 4.86. The molecule has 4 nitrogen and oxygen atoms in total. The third-order valence-electron chi connectivity index (χ3n) is 3.53. The van der Waals surface area contributed by atoms with E-state index < -0.39 is 0 Å². The Bertz CT molecular complexity index is 465. The van der Waals surface area contributed by atoms with Crippen LogP contribution >= 0.6 is 11.6 Å². The van der Waals surface area contributed by atoms with Crippen molar-refractivity contribution in [2.45, 2.75) is 58.5 Å². The minimum Gasteiger partial charge on any atom is -0.376 e. The zero-order valence-corrected chi connectivity index (χ0v) is 13.5. The van der Waals surface area contributed by atoms with Gasteiger partial charge in [-0.1, -0.05) is 32.4 Å². The van der Waals surface area contributed by atoms with Crippen LogP contribution in [0.1, 0.15) is 51.4 Å². The van der Waals surface area contributed by atoms with Gasteiger partial charge < -0.3 is 10.1 Å². The maximum absolute atomic E-state index is 6.22.